The van der Waals surface area contributed by atoms with Crippen molar-refractivity contribution in [1.29, 1.82) is 0 Å². The van der Waals surface area contributed by atoms with Crippen molar-refractivity contribution in [2.45, 2.75) is 25.4 Å². The Morgan fingerprint density at radius 3 is 2.56 bits per heavy atom. The van der Waals surface area contributed by atoms with E-state index in [1.54, 1.807) is 6.92 Å². The number of hydrogen-bond donors (Lipinski definition) is 0. The Morgan fingerprint density at radius 1 is 1.08 bits per heavy atom. The lowest BCUT2D eigenvalue weighted by molar-refractivity contribution is -0.137. The lowest BCUT2D eigenvalue weighted by Gasteiger charge is -2.42. The van der Waals surface area contributed by atoms with Crippen LogP contribution in [-0.4, -0.2) is 42.1 Å². The van der Waals surface area contributed by atoms with E-state index in [0.717, 1.165) is 13.0 Å². The first kappa shape index (κ1) is 16.3. The van der Waals surface area contributed by atoms with Crippen LogP contribution in [0.25, 0.3) is 11.1 Å². The number of hydrogen-bond acceptors (Lipinski definition) is 3. The van der Waals surface area contributed by atoms with E-state index in [4.69, 9.17) is 4.84 Å². The highest BCUT2D eigenvalue weighted by Gasteiger charge is 2.43. The summed E-state index contributed by atoms with van der Waals surface area (Å²) in [5.74, 6) is 0.537. The lowest BCUT2D eigenvalue weighted by atomic mass is 9.83. The Labute approximate surface area is 149 Å². The van der Waals surface area contributed by atoms with Gasteiger partial charge < -0.3 is 4.90 Å². The highest BCUT2D eigenvalue weighted by atomic mass is 16.7. The quantitative estimate of drug-likeness (QED) is 0.841. The van der Waals surface area contributed by atoms with Gasteiger partial charge in [-0.2, -0.15) is 5.06 Å². The highest BCUT2D eigenvalue weighted by molar-refractivity contribution is 5.75. The molecule has 2 heterocycles. The molecule has 0 N–H and O–H groups in total. The molecule has 2 saturated heterocycles. The van der Waals surface area contributed by atoms with Crippen molar-refractivity contribution in [3.05, 3.63) is 60.2 Å². The number of likely N-dealkylation sites (tertiary alicyclic amines) is 1. The topological polar surface area (TPSA) is 32.8 Å². The van der Waals surface area contributed by atoms with Gasteiger partial charge in [0.15, 0.2) is 0 Å². The van der Waals surface area contributed by atoms with Crippen LogP contribution < -0.4 is 0 Å². The lowest BCUT2D eigenvalue weighted by Crippen LogP contribution is -2.48. The fraction of sp³-hybridized carbons (Fsp3) is 0.381. The van der Waals surface area contributed by atoms with E-state index in [1.807, 2.05) is 23.1 Å². The molecule has 0 bridgehead atoms. The molecule has 4 rings (SSSR count). The van der Waals surface area contributed by atoms with Gasteiger partial charge in [-0.25, -0.2) is 0 Å². The molecule has 2 aliphatic heterocycles. The van der Waals surface area contributed by atoms with Crippen LogP contribution in [0.15, 0.2) is 54.6 Å². The standard InChI is InChI=1S/C21H24N2O2/c1-15(24)23-13-17-14-25-22(2)20(17)12-21(23)19-11-7-6-10-18(19)16-8-4-3-5-9-16/h3-11,17,20-21H,12-14H2,1-2H3/t17-,20-,21-/m0/s1. The van der Waals surface area contributed by atoms with Gasteiger partial charge in [0.2, 0.25) is 5.91 Å². The van der Waals surface area contributed by atoms with Gasteiger partial charge in [0, 0.05) is 32.5 Å². The maximum Gasteiger partial charge on any atom is 0.219 e. The minimum absolute atomic E-state index is 0.0827. The number of benzene rings is 2. The molecule has 0 spiro atoms. The van der Waals surface area contributed by atoms with Gasteiger partial charge in [0.1, 0.15) is 0 Å². The molecule has 25 heavy (non-hydrogen) atoms. The van der Waals surface area contributed by atoms with Crippen molar-refractivity contribution in [3.63, 3.8) is 0 Å². The van der Waals surface area contributed by atoms with Crippen molar-refractivity contribution in [2.75, 3.05) is 20.2 Å². The molecule has 1 amide bonds. The number of hydroxylamine groups is 2. The van der Waals surface area contributed by atoms with Crippen LogP contribution in [0, 0.1) is 5.92 Å². The largest absolute Gasteiger partial charge is 0.335 e. The molecule has 0 radical (unpaired) electrons. The second kappa shape index (κ2) is 6.62. The summed E-state index contributed by atoms with van der Waals surface area (Å²) in [6.07, 6.45) is 0.907. The molecule has 4 nitrogen and oxygen atoms in total. The summed E-state index contributed by atoms with van der Waals surface area (Å²) in [7, 11) is 2.01. The van der Waals surface area contributed by atoms with Crippen LogP contribution in [0.1, 0.15) is 24.9 Å². The van der Waals surface area contributed by atoms with Crippen molar-refractivity contribution in [1.82, 2.24) is 9.96 Å². The SMILES string of the molecule is CC(=O)N1C[C@H]2CON(C)[C@H]2C[C@H]1c1ccccc1-c1ccccc1. The normalized spacial score (nSPS) is 26.5. The molecule has 2 aromatic rings. The summed E-state index contributed by atoms with van der Waals surface area (Å²) in [6, 6.07) is 19.3. The highest BCUT2D eigenvalue weighted by Crippen LogP contribution is 2.41. The summed E-state index contributed by atoms with van der Waals surface area (Å²) in [4.78, 5) is 20.1. The zero-order chi connectivity index (χ0) is 17.4. The predicted octanol–water partition coefficient (Wildman–Crippen LogP) is 3.51. The molecule has 4 heteroatoms. The molecule has 0 aromatic heterocycles. The molecule has 0 aliphatic carbocycles. The van der Waals surface area contributed by atoms with Crippen LogP contribution in [0.3, 0.4) is 0 Å². The number of piperidine rings is 1. The monoisotopic (exact) mass is 336 g/mol. The Bertz CT molecular complexity index is 762. The zero-order valence-corrected chi connectivity index (χ0v) is 14.8. The first-order chi connectivity index (χ1) is 12.1. The van der Waals surface area contributed by atoms with E-state index >= 15 is 0 Å². The van der Waals surface area contributed by atoms with Crippen LogP contribution in [0.5, 0.6) is 0 Å². The van der Waals surface area contributed by atoms with Crippen LogP contribution in [0.4, 0.5) is 0 Å². The van der Waals surface area contributed by atoms with E-state index in [2.05, 4.69) is 48.5 Å². The van der Waals surface area contributed by atoms with Gasteiger partial charge >= 0.3 is 0 Å². The Kier molecular flexibility index (Phi) is 4.32. The number of carbonyl (C=O) groups excluding carboxylic acids is 1. The molecule has 3 atom stereocenters. The molecule has 0 unspecified atom stereocenters. The third-order valence-corrected chi connectivity index (χ3v) is 5.58. The zero-order valence-electron chi connectivity index (χ0n) is 14.8. The van der Waals surface area contributed by atoms with Crippen molar-refractivity contribution < 1.29 is 9.63 Å². The van der Waals surface area contributed by atoms with Gasteiger partial charge in [-0.1, -0.05) is 54.6 Å². The van der Waals surface area contributed by atoms with E-state index < -0.39 is 0 Å². The van der Waals surface area contributed by atoms with E-state index in [1.165, 1.54) is 16.7 Å². The number of carbonyl (C=O) groups is 1. The van der Waals surface area contributed by atoms with Crippen molar-refractivity contribution in [2.24, 2.45) is 5.92 Å². The first-order valence-corrected chi connectivity index (χ1v) is 8.92. The summed E-state index contributed by atoms with van der Waals surface area (Å²) >= 11 is 0. The number of fused-ring (bicyclic) bond motifs is 1. The minimum atomic E-state index is 0.0827. The first-order valence-electron chi connectivity index (χ1n) is 8.92. The van der Waals surface area contributed by atoms with E-state index in [0.29, 0.717) is 18.6 Å². The summed E-state index contributed by atoms with van der Waals surface area (Å²) in [5, 5.41) is 1.99. The van der Waals surface area contributed by atoms with Crippen LogP contribution in [0.2, 0.25) is 0 Å². The third-order valence-electron chi connectivity index (χ3n) is 5.58. The molecule has 2 aromatic carbocycles. The van der Waals surface area contributed by atoms with Gasteiger partial charge in [-0.05, 0) is 23.1 Å². The molecule has 2 aliphatic rings. The summed E-state index contributed by atoms with van der Waals surface area (Å²) in [6.45, 7) is 3.15. The number of rotatable bonds is 2. The van der Waals surface area contributed by atoms with Gasteiger partial charge in [-0.15, -0.1) is 0 Å². The predicted molar refractivity (Wildman–Crippen MR) is 97.6 cm³/mol. The fourth-order valence-electron chi connectivity index (χ4n) is 4.28. The van der Waals surface area contributed by atoms with E-state index in [9.17, 15) is 4.79 Å². The average Bonchev–Trinajstić information content (AvgIpc) is 3.02. The minimum Gasteiger partial charge on any atom is -0.335 e. The van der Waals surface area contributed by atoms with Gasteiger partial charge in [-0.3, -0.25) is 9.63 Å². The van der Waals surface area contributed by atoms with Crippen LogP contribution >= 0.6 is 0 Å². The average molecular weight is 336 g/mol. The van der Waals surface area contributed by atoms with Crippen LogP contribution in [-0.2, 0) is 9.63 Å². The maximum atomic E-state index is 12.4. The van der Waals surface area contributed by atoms with Crippen molar-refractivity contribution in [3.8, 4) is 11.1 Å². The van der Waals surface area contributed by atoms with Gasteiger partial charge in [0.05, 0.1) is 12.6 Å². The smallest absolute Gasteiger partial charge is 0.219 e. The Balaban J connectivity index is 1.75. The second-order valence-corrected chi connectivity index (χ2v) is 7.05. The van der Waals surface area contributed by atoms with E-state index in [-0.39, 0.29) is 11.9 Å². The summed E-state index contributed by atoms with van der Waals surface area (Å²) < 4.78 is 0. The maximum absolute atomic E-state index is 12.4. The Hall–Kier alpha value is -2.17. The molecule has 2 fully saturated rings. The third kappa shape index (κ3) is 2.96. The fourth-order valence-corrected chi connectivity index (χ4v) is 4.28. The van der Waals surface area contributed by atoms with Crippen molar-refractivity contribution >= 4 is 5.91 Å². The molecular formula is C21H24N2O2. The van der Waals surface area contributed by atoms with Gasteiger partial charge in [0.25, 0.3) is 0 Å². The molecule has 0 saturated carbocycles. The number of amides is 1. The number of nitrogens with zero attached hydrogens (tertiary/aromatic N) is 2. The second-order valence-electron chi connectivity index (χ2n) is 7.05. The molecule has 130 valence electrons. The summed E-state index contributed by atoms with van der Waals surface area (Å²) in [5.41, 5.74) is 3.63. The Morgan fingerprint density at radius 2 is 1.80 bits per heavy atom. The molecular weight excluding hydrogens is 312 g/mol.